The number of benzene rings is 1. The third-order valence-corrected chi connectivity index (χ3v) is 6.61. The number of pyridine rings is 1. The highest BCUT2D eigenvalue weighted by atomic mass is 16.6. The zero-order valence-electron chi connectivity index (χ0n) is 21.7. The molecule has 10 nitrogen and oxygen atoms in total. The van der Waals surface area contributed by atoms with Crippen LogP contribution in [0.2, 0.25) is 0 Å². The third-order valence-electron chi connectivity index (χ3n) is 6.61. The van der Waals surface area contributed by atoms with Crippen molar-refractivity contribution in [2.75, 3.05) is 27.2 Å². The van der Waals surface area contributed by atoms with Crippen molar-refractivity contribution in [2.45, 2.75) is 45.4 Å². The number of ketones is 1. The Kier molecular flexibility index (Phi) is 6.36. The smallest absolute Gasteiger partial charge is 0.410 e. The van der Waals surface area contributed by atoms with Crippen LogP contribution in [0.5, 0.6) is 11.5 Å². The lowest BCUT2D eigenvalue weighted by molar-refractivity contribution is 0.0228. The number of aromatic amines is 1. The van der Waals surface area contributed by atoms with Gasteiger partial charge >= 0.3 is 6.09 Å². The van der Waals surface area contributed by atoms with Crippen molar-refractivity contribution in [3.63, 3.8) is 0 Å². The number of carbonyl (C=O) groups is 2. The van der Waals surface area contributed by atoms with Gasteiger partial charge in [0.15, 0.2) is 11.4 Å². The lowest BCUT2D eigenvalue weighted by Crippen LogP contribution is -2.42. The molecule has 194 valence electrons. The number of amides is 1. The summed E-state index contributed by atoms with van der Waals surface area (Å²) < 4.78 is 17.3. The molecule has 0 spiro atoms. The van der Waals surface area contributed by atoms with Crippen LogP contribution in [0.3, 0.4) is 0 Å². The van der Waals surface area contributed by atoms with Crippen molar-refractivity contribution in [1.29, 1.82) is 0 Å². The predicted molar refractivity (Wildman–Crippen MR) is 137 cm³/mol. The topological polar surface area (TPSA) is 110 Å². The molecule has 10 heteroatoms. The molecule has 2 aliphatic rings. The summed E-state index contributed by atoms with van der Waals surface area (Å²) in [5.41, 5.74) is 1.96. The number of nitrogens with zero attached hydrogens (tertiary/aromatic N) is 4. The van der Waals surface area contributed by atoms with Crippen LogP contribution in [-0.2, 0) is 11.3 Å². The molecule has 0 bridgehead atoms. The Labute approximate surface area is 215 Å². The minimum atomic E-state index is -0.546. The van der Waals surface area contributed by atoms with Crippen LogP contribution in [-0.4, -0.2) is 75.7 Å². The van der Waals surface area contributed by atoms with E-state index in [9.17, 15) is 9.59 Å². The van der Waals surface area contributed by atoms with E-state index >= 15 is 0 Å². The lowest BCUT2D eigenvalue weighted by atomic mass is 10.0. The number of fused-ring (bicyclic) bond motifs is 2. The van der Waals surface area contributed by atoms with E-state index in [4.69, 9.17) is 14.2 Å². The second-order valence-electron chi connectivity index (χ2n) is 10.3. The van der Waals surface area contributed by atoms with Gasteiger partial charge in [0.2, 0.25) is 5.78 Å². The van der Waals surface area contributed by atoms with Crippen LogP contribution in [0.15, 0.2) is 36.2 Å². The van der Waals surface area contributed by atoms with Crippen LogP contribution >= 0.6 is 0 Å². The molecule has 0 radical (unpaired) electrons. The van der Waals surface area contributed by atoms with Gasteiger partial charge in [-0.05, 0) is 51.5 Å². The first-order valence-corrected chi connectivity index (χ1v) is 12.3. The molecule has 1 saturated heterocycles. The quantitative estimate of drug-likeness (QED) is 0.518. The van der Waals surface area contributed by atoms with E-state index in [0.29, 0.717) is 41.5 Å². The minimum absolute atomic E-state index is 0.0252. The summed E-state index contributed by atoms with van der Waals surface area (Å²) in [6.45, 7) is 7.55. The Balaban J connectivity index is 1.36. The first-order valence-electron chi connectivity index (χ1n) is 12.3. The number of carbonyl (C=O) groups excluding carboxylic acids is 2. The number of H-pyrrole nitrogens is 1. The van der Waals surface area contributed by atoms with Crippen LogP contribution < -0.4 is 9.47 Å². The summed E-state index contributed by atoms with van der Waals surface area (Å²) in [5, 5.41) is 7.96. The molecule has 1 fully saturated rings. The van der Waals surface area contributed by atoms with Gasteiger partial charge in [0.1, 0.15) is 17.1 Å². The monoisotopic (exact) mass is 505 g/mol. The van der Waals surface area contributed by atoms with Crippen LogP contribution in [0.1, 0.15) is 48.8 Å². The number of rotatable bonds is 5. The molecule has 1 amide bonds. The average molecular weight is 506 g/mol. The molecule has 1 atom stereocenters. The second-order valence-corrected chi connectivity index (χ2v) is 10.3. The molecular weight excluding hydrogens is 474 g/mol. The Morgan fingerprint density at radius 1 is 1.32 bits per heavy atom. The molecule has 0 unspecified atom stereocenters. The number of Topliss-reactive ketones (excluding diaryl/α,β-unsaturated/α-hetero) is 1. The first-order chi connectivity index (χ1) is 17.6. The average Bonchev–Trinajstić information content (AvgIpc) is 3.57. The first kappa shape index (κ1) is 24.8. The van der Waals surface area contributed by atoms with Crippen LogP contribution in [0, 0.1) is 0 Å². The highest BCUT2D eigenvalue weighted by Crippen LogP contribution is 2.41. The summed E-state index contributed by atoms with van der Waals surface area (Å²) >= 11 is 0. The highest BCUT2D eigenvalue weighted by Gasteiger charge is 2.35. The van der Waals surface area contributed by atoms with Gasteiger partial charge in [0, 0.05) is 50.4 Å². The third kappa shape index (κ3) is 4.89. The van der Waals surface area contributed by atoms with Crippen molar-refractivity contribution in [3.05, 3.63) is 53.0 Å². The zero-order valence-corrected chi connectivity index (χ0v) is 21.7. The van der Waals surface area contributed by atoms with E-state index < -0.39 is 5.60 Å². The largest absolute Gasteiger partial charge is 0.496 e. The maximum atomic E-state index is 13.2. The predicted octanol–water partition coefficient (Wildman–Crippen LogP) is 4.02. The molecule has 0 saturated carbocycles. The number of ether oxygens (including phenoxy) is 3. The zero-order chi connectivity index (χ0) is 26.3. The van der Waals surface area contributed by atoms with Gasteiger partial charge in [-0.3, -0.25) is 14.8 Å². The molecule has 37 heavy (non-hydrogen) atoms. The summed E-state index contributed by atoms with van der Waals surface area (Å²) in [4.78, 5) is 33.9. The van der Waals surface area contributed by atoms with Crippen molar-refractivity contribution in [2.24, 2.45) is 0 Å². The Morgan fingerprint density at radius 2 is 2.14 bits per heavy atom. The molecule has 1 N–H and O–H groups in total. The number of allylic oxidation sites excluding steroid dienone is 1. The second kappa shape index (κ2) is 9.51. The SMILES string of the molecule is COc1ccc2c(c1CN1CC[C@H](N(C)C(=O)OC(C)(C)C)C1)O/C(=C\c1n[nH]c3ncccc13)C2=O. The van der Waals surface area contributed by atoms with E-state index in [0.717, 1.165) is 23.9 Å². The van der Waals surface area contributed by atoms with E-state index in [1.54, 1.807) is 43.5 Å². The van der Waals surface area contributed by atoms with Gasteiger partial charge in [-0.25, -0.2) is 9.78 Å². The fraction of sp³-hybridized carbons (Fsp3) is 0.407. The number of nitrogens with one attached hydrogen (secondary N) is 1. The fourth-order valence-electron chi connectivity index (χ4n) is 4.72. The Morgan fingerprint density at radius 3 is 2.89 bits per heavy atom. The van der Waals surface area contributed by atoms with E-state index in [1.165, 1.54) is 0 Å². The van der Waals surface area contributed by atoms with Gasteiger partial charge < -0.3 is 19.1 Å². The van der Waals surface area contributed by atoms with E-state index in [2.05, 4.69) is 20.1 Å². The number of hydrogen-bond donors (Lipinski definition) is 1. The van der Waals surface area contributed by atoms with E-state index in [-0.39, 0.29) is 23.7 Å². The van der Waals surface area contributed by atoms with Crippen molar-refractivity contribution >= 4 is 29.0 Å². The van der Waals surface area contributed by atoms with Crippen molar-refractivity contribution in [1.82, 2.24) is 25.0 Å². The summed E-state index contributed by atoms with van der Waals surface area (Å²) in [6, 6.07) is 7.26. The van der Waals surface area contributed by atoms with Gasteiger partial charge in [0.25, 0.3) is 0 Å². The number of likely N-dealkylation sites (N-methyl/N-ethyl adjacent to an activating group) is 1. The minimum Gasteiger partial charge on any atom is -0.496 e. The number of methoxy groups -OCH3 is 1. The van der Waals surface area contributed by atoms with Crippen LogP contribution in [0.4, 0.5) is 4.79 Å². The van der Waals surface area contributed by atoms with Gasteiger partial charge in [0.05, 0.1) is 23.9 Å². The van der Waals surface area contributed by atoms with Crippen molar-refractivity contribution < 1.29 is 23.8 Å². The van der Waals surface area contributed by atoms with Gasteiger partial charge in [-0.2, -0.15) is 5.10 Å². The van der Waals surface area contributed by atoms with Crippen LogP contribution in [0.25, 0.3) is 17.1 Å². The molecule has 0 aliphatic carbocycles. The van der Waals surface area contributed by atoms with Crippen molar-refractivity contribution in [3.8, 4) is 11.5 Å². The summed E-state index contributed by atoms with van der Waals surface area (Å²) in [6.07, 6.45) is 3.80. The lowest BCUT2D eigenvalue weighted by Gasteiger charge is -2.28. The Hall–Kier alpha value is -3.92. The maximum absolute atomic E-state index is 13.2. The Bertz CT molecular complexity index is 1390. The summed E-state index contributed by atoms with van der Waals surface area (Å²) in [5.74, 6) is 1.14. The number of aromatic nitrogens is 3. The van der Waals surface area contributed by atoms with Gasteiger partial charge in [-0.1, -0.05) is 0 Å². The molecule has 2 aromatic heterocycles. The standard InChI is InChI=1S/C27H31N5O5/c1-27(2,3)37-26(34)31(4)16-10-12-32(14-16)15-19-21(35-5)9-8-18-23(33)22(36-24(18)19)13-20-17-7-6-11-28-25(17)30-29-20/h6-9,11,13,16H,10,12,14-15H2,1-5H3,(H,28,29,30)/b22-13-/t16-/m0/s1. The number of hydrogen-bond acceptors (Lipinski definition) is 8. The number of likely N-dealkylation sites (tertiary alicyclic amines) is 1. The summed E-state index contributed by atoms with van der Waals surface area (Å²) in [7, 11) is 3.38. The molecule has 1 aromatic carbocycles. The highest BCUT2D eigenvalue weighted by molar-refractivity contribution is 6.15. The fourth-order valence-corrected chi connectivity index (χ4v) is 4.72. The maximum Gasteiger partial charge on any atom is 0.410 e. The van der Waals surface area contributed by atoms with Gasteiger partial charge in [-0.15, -0.1) is 0 Å². The molecule has 3 aromatic rings. The molecule has 5 rings (SSSR count). The molecular formula is C27H31N5O5. The molecule has 4 heterocycles. The molecule has 2 aliphatic heterocycles. The normalized spacial score (nSPS) is 18.8. The van der Waals surface area contributed by atoms with E-state index in [1.807, 2.05) is 32.9 Å².